The molecule has 0 amide bonds. The molecule has 158 valence electrons. The molecule has 4 rings (SSSR count). The third kappa shape index (κ3) is 4.83. The average molecular weight is 535 g/mol. The van der Waals surface area contributed by atoms with Gasteiger partial charge in [-0.1, -0.05) is 0 Å². The number of rotatable bonds is 2. The molecule has 0 saturated heterocycles. The Bertz CT molecular complexity index is 1020. The first kappa shape index (κ1) is 25.9. The third-order valence-corrected chi connectivity index (χ3v) is 32.7. The molecule has 2 aromatic carbocycles. The molecule has 0 nitrogen and oxygen atoms in total. The van der Waals surface area contributed by atoms with Crippen LogP contribution in [0.25, 0.3) is 11.1 Å². The van der Waals surface area contributed by atoms with Gasteiger partial charge in [-0.05, 0) is 0 Å². The maximum atomic E-state index is 2.53. The molecule has 0 fully saturated rings. The van der Waals surface area contributed by atoms with Crippen molar-refractivity contribution in [2.45, 2.75) is 64.5 Å². The maximum Gasteiger partial charge on any atom is -1.00 e. The number of fused-ring (bicyclic) bond motifs is 3. The summed E-state index contributed by atoms with van der Waals surface area (Å²) < 4.78 is 3.62. The summed E-state index contributed by atoms with van der Waals surface area (Å²) in [6, 6.07) is 16.3. The summed E-state index contributed by atoms with van der Waals surface area (Å²) >= 11 is -2.05. The minimum atomic E-state index is -2.05. The Morgan fingerprint density at radius 3 is 2.03 bits per heavy atom. The van der Waals surface area contributed by atoms with Crippen LogP contribution in [0.5, 0.6) is 0 Å². The van der Waals surface area contributed by atoms with Crippen LogP contribution >= 0.6 is 0 Å². The largest absolute Gasteiger partial charge is 1.00 e. The van der Waals surface area contributed by atoms with E-state index in [0.29, 0.717) is 10.1 Å². The number of hydrogen-bond donors (Lipinski definition) is 0. The number of halogens is 2. The Labute approximate surface area is 203 Å². The molecule has 0 radical (unpaired) electrons. The Morgan fingerprint density at radius 2 is 1.43 bits per heavy atom. The summed E-state index contributed by atoms with van der Waals surface area (Å²) in [5.74, 6) is 0. The molecular weight excluding hydrogens is 503 g/mol. The molecule has 0 atom stereocenters. The Kier molecular flexibility index (Phi) is 8.29. The fourth-order valence-corrected chi connectivity index (χ4v) is 31.8. The van der Waals surface area contributed by atoms with Crippen molar-refractivity contribution in [1.29, 1.82) is 0 Å². The van der Waals surface area contributed by atoms with Gasteiger partial charge in [0, 0.05) is 0 Å². The van der Waals surface area contributed by atoms with E-state index in [1.807, 2.05) is 3.28 Å². The molecule has 0 saturated carbocycles. The molecule has 0 bridgehead atoms. The van der Waals surface area contributed by atoms with E-state index in [9.17, 15) is 0 Å². The number of benzene rings is 2. The Morgan fingerprint density at radius 1 is 0.800 bits per heavy atom. The molecule has 0 N–H and O–H groups in total. The average Bonchev–Trinajstić information content (AvgIpc) is 3.24. The van der Waals surface area contributed by atoms with E-state index in [4.69, 9.17) is 0 Å². The van der Waals surface area contributed by atoms with Crippen LogP contribution < -0.4 is 28.1 Å². The molecule has 0 unspecified atom stereocenters. The standard InChI is InChI=1S/C13H9.C8H18Si.C5H5.2ClH.Zr/c1-3-7-12-10(5-1)9-11-6-2-4-8-13(11)12;1-7(2,3)9-8(4,5)6;1-2-4-5-3-1;;;/h1-5,7-8H,9H2;1-6H3;1-3H,4H2;2*1H;/q;;;;;+2/p-2. The van der Waals surface area contributed by atoms with Crippen LogP contribution in [-0.4, -0.2) is 5.43 Å². The second-order valence-corrected chi connectivity index (χ2v) is 25.4. The van der Waals surface area contributed by atoms with E-state index in [1.165, 1.54) is 23.1 Å². The summed E-state index contributed by atoms with van der Waals surface area (Å²) in [5.41, 5.74) is 5.61. The number of allylic oxidation sites excluding steroid dienone is 4. The van der Waals surface area contributed by atoms with Gasteiger partial charge in [0.1, 0.15) is 0 Å². The maximum absolute atomic E-state index is 2.53. The van der Waals surface area contributed by atoms with E-state index in [-0.39, 0.29) is 24.8 Å². The van der Waals surface area contributed by atoms with Crippen molar-refractivity contribution >= 4 is 8.70 Å². The van der Waals surface area contributed by atoms with Gasteiger partial charge in [0.25, 0.3) is 0 Å². The van der Waals surface area contributed by atoms with Gasteiger partial charge in [0.05, 0.1) is 0 Å². The van der Waals surface area contributed by atoms with Gasteiger partial charge in [-0.2, -0.15) is 0 Å². The van der Waals surface area contributed by atoms with Gasteiger partial charge < -0.3 is 24.8 Å². The molecule has 0 heterocycles. The minimum absolute atomic E-state index is 0. The minimum Gasteiger partial charge on any atom is -1.00 e. The summed E-state index contributed by atoms with van der Waals surface area (Å²) in [7, 11) is 0. The van der Waals surface area contributed by atoms with Crippen LogP contribution in [-0.2, 0) is 26.8 Å². The fourth-order valence-electron chi connectivity index (χ4n) is 5.37. The normalized spacial score (nSPS) is 14.0. The van der Waals surface area contributed by atoms with Crippen molar-refractivity contribution in [1.82, 2.24) is 0 Å². The first-order valence-corrected chi connectivity index (χ1v) is 18.1. The van der Waals surface area contributed by atoms with Crippen LogP contribution in [0, 0.1) is 0 Å². The summed E-state index contributed by atoms with van der Waals surface area (Å²) in [5, 5.41) is 0.824. The van der Waals surface area contributed by atoms with Gasteiger partial charge in [0.2, 0.25) is 0 Å². The molecule has 2 aliphatic rings. The molecule has 2 aromatic rings. The second-order valence-electron chi connectivity index (χ2n) is 10.2. The Hall–Kier alpha value is -0.400. The first-order chi connectivity index (χ1) is 13.2. The third-order valence-electron chi connectivity index (χ3n) is 5.96. The molecule has 0 aliphatic heterocycles. The van der Waals surface area contributed by atoms with Gasteiger partial charge in [-0.15, -0.1) is 0 Å². The first-order valence-electron chi connectivity index (χ1n) is 10.5. The fraction of sp³-hybridized carbons (Fsp3) is 0.385. The molecule has 0 spiro atoms. The van der Waals surface area contributed by atoms with Crippen molar-refractivity contribution in [3.8, 4) is 11.1 Å². The molecule has 30 heavy (non-hydrogen) atoms. The van der Waals surface area contributed by atoms with Gasteiger partial charge in [0.15, 0.2) is 0 Å². The monoisotopic (exact) mass is 532 g/mol. The Balaban J connectivity index is 0.00000160. The van der Waals surface area contributed by atoms with Crippen LogP contribution in [0.3, 0.4) is 0 Å². The van der Waals surface area contributed by atoms with E-state index >= 15 is 0 Å². The van der Waals surface area contributed by atoms with E-state index in [0.717, 1.165) is 6.42 Å². The summed E-state index contributed by atoms with van der Waals surface area (Å²) in [6.07, 6.45) is 9.54. The SMILES string of the molecule is CC(C)(C)[Si](=[Zr+2]([C]1=CC=CC1)[c]1cccc2c1Cc1ccccc1-2)C(C)(C)C.[Cl-].[Cl-]. The van der Waals surface area contributed by atoms with Gasteiger partial charge in [-0.25, -0.2) is 0 Å². The van der Waals surface area contributed by atoms with Crippen LogP contribution in [0.2, 0.25) is 10.1 Å². The predicted molar refractivity (Wildman–Crippen MR) is 121 cm³/mol. The predicted octanol–water partition coefficient (Wildman–Crippen LogP) is 0.945. The van der Waals surface area contributed by atoms with E-state index in [1.54, 1.807) is 8.83 Å². The second kappa shape index (κ2) is 9.62. The van der Waals surface area contributed by atoms with E-state index < -0.39 is 25.8 Å². The van der Waals surface area contributed by atoms with Crippen molar-refractivity contribution in [3.05, 3.63) is 75.1 Å². The van der Waals surface area contributed by atoms with Gasteiger partial charge in [-0.3, -0.25) is 0 Å². The summed E-state index contributed by atoms with van der Waals surface area (Å²) in [6.45, 7) is 15.1. The van der Waals surface area contributed by atoms with E-state index in [2.05, 4.69) is 102 Å². The molecule has 4 heteroatoms. The van der Waals surface area contributed by atoms with Crippen molar-refractivity contribution in [2.24, 2.45) is 0 Å². The quantitative estimate of drug-likeness (QED) is 0.430. The van der Waals surface area contributed by atoms with Crippen LogP contribution in [0.15, 0.2) is 64.0 Å². The number of hydrogen-bond acceptors (Lipinski definition) is 0. The summed E-state index contributed by atoms with van der Waals surface area (Å²) in [4.78, 5) is 0. The van der Waals surface area contributed by atoms with Crippen molar-refractivity contribution in [2.75, 3.05) is 0 Å². The van der Waals surface area contributed by atoms with Crippen molar-refractivity contribution in [3.63, 3.8) is 0 Å². The molecule has 0 aromatic heterocycles. The topological polar surface area (TPSA) is 0 Å². The molecular formula is C26H32Cl2SiZr. The zero-order valence-corrected chi connectivity index (χ0v) is 23.9. The smallest absolute Gasteiger partial charge is 1.00 e. The zero-order chi connectivity index (χ0) is 20.1. The van der Waals surface area contributed by atoms with Crippen molar-refractivity contribution < 1.29 is 45.2 Å². The van der Waals surface area contributed by atoms with Gasteiger partial charge >= 0.3 is 180 Å². The zero-order valence-electron chi connectivity index (χ0n) is 18.9. The van der Waals surface area contributed by atoms with Crippen LogP contribution in [0.1, 0.15) is 59.1 Å². The molecule has 2 aliphatic carbocycles. The van der Waals surface area contributed by atoms with Crippen LogP contribution in [0.4, 0.5) is 0 Å².